The Morgan fingerprint density at radius 2 is 1.72 bits per heavy atom. The first-order chi connectivity index (χ1) is 12.0. The normalized spacial score (nSPS) is 10.3. The van der Waals surface area contributed by atoms with E-state index < -0.39 is 11.8 Å². The molecule has 126 valence electrons. The fraction of sp³-hybridized carbons (Fsp3) is 0. The van der Waals surface area contributed by atoms with Crippen molar-refractivity contribution < 1.29 is 14.0 Å². The predicted molar refractivity (Wildman–Crippen MR) is 93.9 cm³/mol. The topological polar surface area (TPSA) is 71.1 Å². The molecule has 8 heteroatoms. The van der Waals surface area contributed by atoms with E-state index in [0.717, 1.165) is 10.4 Å². The van der Waals surface area contributed by atoms with E-state index in [4.69, 9.17) is 11.6 Å². The standard InChI is InChI=1S/C17H11ClFN3O2S/c18-15-9-11(7-8-20-15)16(23)21-22-17(24)14-6-5-13(25-14)10-1-3-12(19)4-2-10/h1-9H,(H,21,23)(H,22,24). The first kappa shape index (κ1) is 17.1. The number of carbonyl (C=O) groups excluding carboxylic acids is 2. The van der Waals surface area contributed by atoms with Gasteiger partial charge >= 0.3 is 0 Å². The molecule has 0 unspecified atom stereocenters. The summed E-state index contributed by atoms with van der Waals surface area (Å²) in [6.07, 6.45) is 1.40. The van der Waals surface area contributed by atoms with Crippen molar-refractivity contribution in [2.75, 3.05) is 0 Å². The zero-order chi connectivity index (χ0) is 17.8. The smallest absolute Gasteiger partial charge is 0.267 e. The lowest BCUT2D eigenvalue weighted by Crippen LogP contribution is -2.41. The third-order valence-electron chi connectivity index (χ3n) is 3.24. The lowest BCUT2D eigenvalue weighted by atomic mass is 10.2. The van der Waals surface area contributed by atoms with Crippen LogP contribution in [0, 0.1) is 5.82 Å². The van der Waals surface area contributed by atoms with Gasteiger partial charge in [-0.25, -0.2) is 9.37 Å². The minimum atomic E-state index is -0.507. The number of hydrazine groups is 1. The summed E-state index contributed by atoms with van der Waals surface area (Å²) in [7, 11) is 0. The van der Waals surface area contributed by atoms with Crippen LogP contribution in [0.25, 0.3) is 10.4 Å². The van der Waals surface area contributed by atoms with Crippen LogP contribution in [0.15, 0.2) is 54.7 Å². The highest BCUT2D eigenvalue weighted by atomic mass is 35.5. The number of rotatable bonds is 3. The SMILES string of the molecule is O=C(NNC(=O)c1ccc(-c2ccc(F)cc2)s1)c1ccnc(Cl)c1. The van der Waals surface area contributed by atoms with E-state index >= 15 is 0 Å². The second kappa shape index (κ2) is 7.42. The molecular weight excluding hydrogens is 365 g/mol. The Kier molecular flexibility index (Phi) is 5.06. The van der Waals surface area contributed by atoms with E-state index in [2.05, 4.69) is 15.8 Å². The molecule has 0 aliphatic heterocycles. The molecule has 2 heterocycles. The maximum Gasteiger partial charge on any atom is 0.279 e. The van der Waals surface area contributed by atoms with Gasteiger partial charge in [0.1, 0.15) is 11.0 Å². The summed E-state index contributed by atoms with van der Waals surface area (Å²) in [5, 5.41) is 0.182. The molecule has 0 aliphatic rings. The van der Waals surface area contributed by atoms with Crippen LogP contribution < -0.4 is 10.9 Å². The lowest BCUT2D eigenvalue weighted by molar-refractivity contribution is 0.0849. The fourth-order valence-corrected chi connectivity index (χ4v) is 3.10. The van der Waals surface area contributed by atoms with Gasteiger partial charge in [-0.1, -0.05) is 23.7 Å². The molecule has 2 N–H and O–H groups in total. The quantitative estimate of drug-likeness (QED) is 0.542. The zero-order valence-electron chi connectivity index (χ0n) is 12.6. The third-order valence-corrected chi connectivity index (χ3v) is 4.58. The molecule has 0 saturated heterocycles. The molecule has 0 saturated carbocycles. The second-order valence-corrected chi connectivity index (χ2v) is 6.42. The third kappa shape index (κ3) is 4.20. The summed E-state index contributed by atoms with van der Waals surface area (Å²) in [6.45, 7) is 0. The molecule has 0 atom stereocenters. The van der Waals surface area contributed by atoms with Gasteiger partial charge in [0.25, 0.3) is 11.8 Å². The molecule has 0 fully saturated rings. The van der Waals surface area contributed by atoms with Gasteiger partial charge < -0.3 is 0 Å². The maximum atomic E-state index is 13.0. The highest BCUT2D eigenvalue weighted by Gasteiger charge is 2.12. The Morgan fingerprint density at radius 1 is 1.00 bits per heavy atom. The molecule has 0 spiro atoms. The summed E-state index contributed by atoms with van der Waals surface area (Å²) in [6, 6.07) is 12.2. The Morgan fingerprint density at radius 3 is 2.44 bits per heavy atom. The van der Waals surface area contributed by atoms with Gasteiger partial charge in [0.05, 0.1) is 4.88 Å². The number of hydrogen-bond acceptors (Lipinski definition) is 4. The number of nitrogens with zero attached hydrogens (tertiary/aromatic N) is 1. The number of thiophene rings is 1. The van der Waals surface area contributed by atoms with Crippen LogP contribution in [0.1, 0.15) is 20.0 Å². The van der Waals surface area contributed by atoms with Gasteiger partial charge in [0.2, 0.25) is 0 Å². The highest BCUT2D eigenvalue weighted by Crippen LogP contribution is 2.28. The van der Waals surface area contributed by atoms with Crippen molar-refractivity contribution in [2.45, 2.75) is 0 Å². The number of benzene rings is 1. The van der Waals surface area contributed by atoms with Crippen molar-refractivity contribution in [1.29, 1.82) is 0 Å². The minimum Gasteiger partial charge on any atom is -0.267 e. The average molecular weight is 376 g/mol. The van der Waals surface area contributed by atoms with Gasteiger partial charge in [-0.3, -0.25) is 20.4 Å². The molecule has 3 rings (SSSR count). The Hall–Kier alpha value is -2.77. The molecular formula is C17H11ClFN3O2S. The Labute approximate surface area is 151 Å². The van der Waals surface area contributed by atoms with E-state index in [9.17, 15) is 14.0 Å². The molecule has 2 aromatic heterocycles. The Bertz CT molecular complexity index is 928. The van der Waals surface area contributed by atoms with Crippen molar-refractivity contribution in [3.05, 3.63) is 76.1 Å². The Balaban J connectivity index is 1.64. The number of carbonyl (C=O) groups is 2. The summed E-state index contributed by atoms with van der Waals surface area (Å²) in [4.78, 5) is 29.1. The molecule has 5 nitrogen and oxygen atoms in total. The van der Waals surface area contributed by atoms with Crippen LogP contribution in [0.2, 0.25) is 5.15 Å². The van der Waals surface area contributed by atoms with Crippen LogP contribution in [-0.2, 0) is 0 Å². The van der Waals surface area contributed by atoms with E-state index in [-0.39, 0.29) is 16.5 Å². The summed E-state index contributed by atoms with van der Waals surface area (Å²) in [5.41, 5.74) is 5.73. The second-order valence-electron chi connectivity index (χ2n) is 4.95. The highest BCUT2D eigenvalue weighted by molar-refractivity contribution is 7.17. The van der Waals surface area contributed by atoms with Crippen LogP contribution in [0.5, 0.6) is 0 Å². The summed E-state index contributed by atoms with van der Waals surface area (Å²) >= 11 is 6.95. The van der Waals surface area contributed by atoms with Crippen molar-refractivity contribution in [3.63, 3.8) is 0 Å². The molecule has 0 radical (unpaired) electrons. The first-order valence-electron chi connectivity index (χ1n) is 7.11. The van der Waals surface area contributed by atoms with Crippen molar-refractivity contribution >= 4 is 34.8 Å². The van der Waals surface area contributed by atoms with Crippen LogP contribution in [-0.4, -0.2) is 16.8 Å². The molecule has 25 heavy (non-hydrogen) atoms. The van der Waals surface area contributed by atoms with E-state index in [1.807, 2.05) is 0 Å². The average Bonchev–Trinajstić information content (AvgIpc) is 3.10. The number of pyridine rings is 1. The molecule has 3 aromatic rings. The zero-order valence-corrected chi connectivity index (χ0v) is 14.2. The molecule has 0 bridgehead atoms. The molecule has 2 amide bonds. The summed E-state index contributed by atoms with van der Waals surface area (Å²) < 4.78 is 13.0. The number of aromatic nitrogens is 1. The fourth-order valence-electron chi connectivity index (χ4n) is 2.02. The first-order valence-corrected chi connectivity index (χ1v) is 8.30. The minimum absolute atomic E-state index is 0.182. The lowest BCUT2D eigenvalue weighted by Gasteiger charge is -2.06. The van der Waals surface area contributed by atoms with Crippen molar-refractivity contribution in [1.82, 2.24) is 15.8 Å². The van der Waals surface area contributed by atoms with Crippen molar-refractivity contribution in [3.8, 4) is 10.4 Å². The van der Waals surface area contributed by atoms with Crippen LogP contribution >= 0.6 is 22.9 Å². The van der Waals surface area contributed by atoms with Gasteiger partial charge in [-0.05, 0) is 42.0 Å². The van der Waals surface area contributed by atoms with Crippen molar-refractivity contribution in [2.24, 2.45) is 0 Å². The van der Waals surface area contributed by atoms with Crippen LogP contribution in [0.3, 0.4) is 0 Å². The van der Waals surface area contributed by atoms with Gasteiger partial charge in [-0.2, -0.15) is 0 Å². The number of hydrogen-bond donors (Lipinski definition) is 2. The number of nitrogens with one attached hydrogen (secondary N) is 2. The number of amides is 2. The van der Waals surface area contributed by atoms with Crippen LogP contribution in [0.4, 0.5) is 4.39 Å². The van der Waals surface area contributed by atoms with E-state index in [1.54, 1.807) is 24.3 Å². The molecule has 1 aromatic carbocycles. The van der Waals surface area contributed by atoms with Gasteiger partial charge in [-0.15, -0.1) is 11.3 Å². The summed E-state index contributed by atoms with van der Waals surface area (Å²) in [5.74, 6) is -1.28. The monoisotopic (exact) mass is 375 g/mol. The maximum absolute atomic E-state index is 13.0. The van der Waals surface area contributed by atoms with Gasteiger partial charge in [0.15, 0.2) is 0 Å². The van der Waals surface area contributed by atoms with E-state index in [1.165, 1.54) is 41.8 Å². The predicted octanol–water partition coefficient (Wildman–Crippen LogP) is 3.68. The largest absolute Gasteiger partial charge is 0.279 e. The number of halogens is 2. The van der Waals surface area contributed by atoms with Gasteiger partial charge in [0, 0.05) is 16.6 Å². The van der Waals surface area contributed by atoms with E-state index in [0.29, 0.717) is 4.88 Å². The molecule has 0 aliphatic carbocycles.